The van der Waals surface area contributed by atoms with Crippen LogP contribution in [0.15, 0.2) is 30.3 Å². The molecule has 1 fully saturated rings. The second kappa shape index (κ2) is 7.98. The van der Waals surface area contributed by atoms with Crippen LogP contribution >= 0.6 is 0 Å². The molecule has 1 aliphatic rings. The molecule has 0 bridgehead atoms. The number of unbranched alkanes of at least 4 members (excludes halogenated alkanes) is 1. The molecule has 0 spiro atoms. The van der Waals surface area contributed by atoms with E-state index in [2.05, 4.69) is 28.2 Å². The topological polar surface area (TPSA) is 69.0 Å². The number of hydrogen-bond acceptors (Lipinski definition) is 4. The fourth-order valence-electron chi connectivity index (χ4n) is 3.39. The standard InChI is InChI=1S/C20H24N4O/c1-2-3-10-22-20(25)15-8-11-24(12-9-15)19-13-16(14-21)23-18-7-5-4-6-17(18)19/h4-7,13,15H,2-3,8-12H2,1H3,(H,22,25). The maximum atomic E-state index is 12.2. The van der Waals surface area contributed by atoms with Crippen LogP contribution in [0.1, 0.15) is 38.3 Å². The number of rotatable bonds is 5. The van der Waals surface area contributed by atoms with Crippen molar-refractivity contribution in [2.75, 3.05) is 24.5 Å². The highest BCUT2D eigenvalue weighted by Gasteiger charge is 2.25. The summed E-state index contributed by atoms with van der Waals surface area (Å²) in [5.41, 5.74) is 2.33. The number of nitrogens with one attached hydrogen (secondary N) is 1. The average molecular weight is 336 g/mol. The lowest BCUT2D eigenvalue weighted by Crippen LogP contribution is -2.40. The Kier molecular flexibility index (Phi) is 5.49. The Bertz CT molecular complexity index is 788. The summed E-state index contributed by atoms with van der Waals surface area (Å²) in [6.45, 7) is 4.55. The van der Waals surface area contributed by atoms with Crippen molar-refractivity contribution in [2.24, 2.45) is 5.92 Å². The number of anilines is 1. The molecule has 25 heavy (non-hydrogen) atoms. The predicted molar refractivity (Wildman–Crippen MR) is 99.3 cm³/mol. The van der Waals surface area contributed by atoms with Crippen LogP contribution < -0.4 is 10.2 Å². The second-order valence-electron chi connectivity index (χ2n) is 6.56. The van der Waals surface area contributed by atoms with Crippen molar-refractivity contribution in [1.29, 1.82) is 5.26 Å². The van der Waals surface area contributed by atoms with Gasteiger partial charge in [-0.2, -0.15) is 5.26 Å². The molecule has 5 heteroatoms. The lowest BCUT2D eigenvalue weighted by molar-refractivity contribution is -0.125. The Labute approximate surface area is 148 Å². The number of piperidine rings is 1. The summed E-state index contributed by atoms with van der Waals surface area (Å²) < 4.78 is 0. The first-order chi connectivity index (χ1) is 12.2. The molecule has 3 rings (SSSR count). The highest BCUT2D eigenvalue weighted by Crippen LogP contribution is 2.30. The third-order valence-corrected chi connectivity index (χ3v) is 4.84. The van der Waals surface area contributed by atoms with E-state index in [1.807, 2.05) is 30.3 Å². The predicted octanol–water partition coefficient (Wildman–Crippen LogP) is 3.24. The van der Waals surface area contributed by atoms with Crippen LogP contribution in [0, 0.1) is 17.2 Å². The first-order valence-electron chi connectivity index (χ1n) is 9.05. The average Bonchev–Trinajstić information content (AvgIpc) is 2.67. The first-order valence-corrected chi connectivity index (χ1v) is 9.05. The molecule has 1 aromatic carbocycles. The smallest absolute Gasteiger partial charge is 0.223 e. The maximum absolute atomic E-state index is 12.2. The summed E-state index contributed by atoms with van der Waals surface area (Å²) in [6, 6.07) is 11.9. The molecule has 1 N–H and O–H groups in total. The number of benzene rings is 1. The third-order valence-electron chi connectivity index (χ3n) is 4.84. The number of amides is 1. The minimum atomic E-state index is 0.0941. The summed E-state index contributed by atoms with van der Waals surface area (Å²) in [7, 11) is 0. The number of para-hydroxylation sites is 1. The van der Waals surface area contributed by atoms with Crippen LogP contribution in [0.4, 0.5) is 5.69 Å². The van der Waals surface area contributed by atoms with E-state index in [-0.39, 0.29) is 11.8 Å². The minimum absolute atomic E-state index is 0.0941. The quantitative estimate of drug-likeness (QED) is 0.851. The first kappa shape index (κ1) is 17.2. The molecular weight excluding hydrogens is 312 g/mol. The third kappa shape index (κ3) is 3.90. The van der Waals surface area contributed by atoms with Gasteiger partial charge >= 0.3 is 0 Å². The molecule has 1 saturated heterocycles. The Hall–Kier alpha value is -2.61. The fourth-order valence-corrected chi connectivity index (χ4v) is 3.39. The number of carbonyl (C=O) groups excluding carboxylic acids is 1. The van der Waals surface area contributed by atoms with Gasteiger partial charge in [0.2, 0.25) is 5.91 Å². The van der Waals surface area contributed by atoms with Crippen molar-refractivity contribution in [1.82, 2.24) is 10.3 Å². The number of fused-ring (bicyclic) bond motifs is 1. The van der Waals surface area contributed by atoms with Gasteiger partial charge in [-0.05, 0) is 31.4 Å². The van der Waals surface area contributed by atoms with E-state index < -0.39 is 0 Å². The molecule has 0 aliphatic carbocycles. The normalized spacial score (nSPS) is 15.1. The van der Waals surface area contributed by atoms with Gasteiger partial charge in [-0.1, -0.05) is 31.5 Å². The van der Waals surface area contributed by atoms with E-state index in [0.29, 0.717) is 5.69 Å². The zero-order valence-electron chi connectivity index (χ0n) is 14.7. The number of nitriles is 1. The summed E-state index contributed by atoms with van der Waals surface area (Å²) in [4.78, 5) is 18.9. The van der Waals surface area contributed by atoms with Gasteiger partial charge in [0.05, 0.1) is 5.52 Å². The Morgan fingerprint density at radius 1 is 1.36 bits per heavy atom. The van der Waals surface area contributed by atoms with Crippen molar-refractivity contribution in [2.45, 2.75) is 32.6 Å². The molecular formula is C20H24N4O. The minimum Gasteiger partial charge on any atom is -0.371 e. The largest absolute Gasteiger partial charge is 0.371 e. The van der Waals surface area contributed by atoms with Crippen molar-refractivity contribution in [3.8, 4) is 6.07 Å². The van der Waals surface area contributed by atoms with E-state index in [9.17, 15) is 10.1 Å². The number of pyridine rings is 1. The molecule has 0 radical (unpaired) electrons. The molecule has 5 nitrogen and oxygen atoms in total. The van der Waals surface area contributed by atoms with Crippen LogP contribution in [0.25, 0.3) is 10.9 Å². The fraction of sp³-hybridized carbons (Fsp3) is 0.450. The Morgan fingerprint density at radius 2 is 2.12 bits per heavy atom. The van der Waals surface area contributed by atoms with E-state index in [4.69, 9.17) is 0 Å². The Morgan fingerprint density at radius 3 is 2.84 bits per heavy atom. The van der Waals surface area contributed by atoms with Crippen LogP contribution in [0.2, 0.25) is 0 Å². The number of carbonyl (C=O) groups is 1. The van der Waals surface area contributed by atoms with Gasteiger partial charge in [-0.3, -0.25) is 4.79 Å². The molecule has 130 valence electrons. The monoisotopic (exact) mass is 336 g/mol. The zero-order chi connectivity index (χ0) is 17.6. The summed E-state index contributed by atoms with van der Waals surface area (Å²) in [5.74, 6) is 0.280. The summed E-state index contributed by atoms with van der Waals surface area (Å²) in [6.07, 6.45) is 3.81. The van der Waals surface area contributed by atoms with Gasteiger partial charge in [0.25, 0.3) is 0 Å². The van der Waals surface area contributed by atoms with Crippen molar-refractivity contribution < 1.29 is 4.79 Å². The number of hydrogen-bond donors (Lipinski definition) is 1. The van der Waals surface area contributed by atoms with Crippen LogP contribution in [-0.2, 0) is 4.79 Å². The lowest BCUT2D eigenvalue weighted by Gasteiger charge is -2.33. The number of aromatic nitrogens is 1. The van der Waals surface area contributed by atoms with Gasteiger partial charge in [0.15, 0.2) is 0 Å². The van der Waals surface area contributed by atoms with Crippen LogP contribution in [-0.4, -0.2) is 30.5 Å². The van der Waals surface area contributed by atoms with Crippen molar-refractivity contribution in [3.63, 3.8) is 0 Å². The molecule has 1 aliphatic heterocycles. The lowest BCUT2D eigenvalue weighted by atomic mass is 9.95. The van der Waals surface area contributed by atoms with Gasteiger partial charge in [0, 0.05) is 36.6 Å². The molecule has 0 saturated carbocycles. The molecule has 0 unspecified atom stereocenters. The molecule has 2 aromatic rings. The van der Waals surface area contributed by atoms with E-state index >= 15 is 0 Å². The molecule has 1 amide bonds. The summed E-state index contributed by atoms with van der Waals surface area (Å²) in [5, 5.41) is 13.4. The molecule has 1 aromatic heterocycles. The Balaban J connectivity index is 1.72. The number of nitrogens with zero attached hydrogens (tertiary/aromatic N) is 3. The second-order valence-corrected chi connectivity index (χ2v) is 6.56. The van der Waals surface area contributed by atoms with Crippen LogP contribution in [0.3, 0.4) is 0 Å². The summed E-state index contributed by atoms with van der Waals surface area (Å²) >= 11 is 0. The van der Waals surface area contributed by atoms with Gasteiger partial charge in [-0.15, -0.1) is 0 Å². The molecule has 0 atom stereocenters. The van der Waals surface area contributed by atoms with E-state index in [1.54, 1.807) is 0 Å². The zero-order valence-corrected chi connectivity index (χ0v) is 14.7. The highest BCUT2D eigenvalue weighted by atomic mass is 16.1. The maximum Gasteiger partial charge on any atom is 0.223 e. The SMILES string of the molecule is CCCCNC(=O)C1CCN(c2cc(C#N)nc3ccccc23)CC1. The van der Waals surface area contributed by atoms with Gasteiger partial charge in [-0.25, -0.2) is 4.98 Å². The van der Waals surface area contributed by atoms with Gasteiger partial charge < -0.3 is 10.2 Å². The van der Waals surface area contributed by atoms with Crippen molar-refractivity contribution >= 4 is 22.5 Å². The van der Waals surface area contributed by atoms with E-state index in [0.717, 1.165) is 61.9 Å². The van der Waals surface area contributed by atoms with Crippen LogP contribution in [0.5, 0.6) is 0 Å². The van der Waals surface area contributed by atoms with Crippen molar-refractivity contribution in [3.05, 3.63) is 36.0 Å². The van der Waals surface area contributed by atoms with E-state index in [1.165, 1.54) is 0 Å². The van der Waals surface area contributed by atoms with Gasteiger partial charge in [0.1, 0.15) is 11.8 Å². The highest BCUT2D eigenvalue weighted by molar-refractivity contribution is 5.92. The molecule has 2 heterocycles.